The van der Waals surface area contributed by atoms with Crippen molar-refractivity contribution in [2.75, 3.05) is 0 Å². The third kappa shape index (κ3) is 0.792. The fraction of sp³-hybridized carbons (Fsp3) is 0. The zero-order valence-corrected chi connectivity index (χ0v) is 7.19. The maximum absolute atomic E-state index is 4.11. The number of pyridine rings is 1. The number of fused-ring (bicyclic) bond motifs is 1. The van der Waals surface area contributed by atoms with Crippen LogP contribution >= 0.6 is 22.9 Å². The number of hydrogen-bond donors (Lipinski definition) is 0. The topological polar surface area (TPSA) is 30.7 Å². The van der Waals surface area contributed by atoms with Gasteiger partial charge in [0.05, 0.1) is 34.6 Å². The Morgan fingerprint density at radius 3 is 3.20 bits per heavy atom. The Bertz CT molecular complexity index is 355. The summed E-state index contributed by atoms with van der Waals surface area (Å²) in [5.41, 5.74) is 2.05. The van der Waals surface area contributed by atoms with Gasteiger partial charge in [0, 0.05) is 6.20 Å². The van der Waals surface area contributed by atoms with Crippen LogP contribution in [0.25, 0.3) is 11.0 Å². The van der Waals surface area contributed by atoms with E-state index in [4.69, 9.17) is 0 Å². The minimum atomic E-state index is 0.942. The molecule has 2 heterocycles. The van der Waals surface area contributed by atoms with Gasteiger partial charge in [0.2, 0.25) is 0 Å². The monoisotopic (exact) mass is 245 g/mol. The highest BCUT2D eigenvalue weighted by atomic mass is 127. The minimum absolute atomic E-state index is 0.942. The molecular formula is C6H4IN3. The van der Waals surface area contributed by atoms with Crippen molar-refractivity contribution in [1.82, 2.24) is 12.7 Å². The average molecular weight is 245 g/mol. The molecule has 0 saturated carbocycles. The van der Waals surface area contributed by atoms with Crippen LogP contribution in [0.1, 0.15) is 0 Å². The van der Waals surface area contributed by atoms with Gasteiger partial charge in [-0.2, -0.15) is 0 Å². The predicted octanol–water partition coefficient (Wildman–Crippen LogP) is 1.63. The van der Waals surface area contributed by atoms with Crippen LogP contribution in [0.15, 0.2) is 24.8 Å². The molecule has 0 aliphatic heterocycles. The van der Waals surface area contributed by atoms with Gasteiger partial charge in [-0.05, 0) is 6.07 Å². The summed E-state index contributed by atoms with van der Waals surface area (Å²) in [4.78, 5) is 8.06. The summed E-state index contributed by atoms with van der Waals surface area (Å²) in [6.45, 7) is 0. The highest BCUT2D eigenvalue weighted by Crippen LogP contribution is 2.11. The van der Waals surface area contributed by atoms with E-state index >= 15 is 0 Å². The van der Waals surface area contributed by atoms with Crippen molar-refractivity contribution in [1.29, 1.82) is 0 Å². The van der Waals surface area contributed by atoms with Gasteiger partial charge < -0.3 is 0 Å². The van der Waals surface area contributed by atoms with Crippen molar-refractivity contribution in [3.8, 4) is 0 Å². The largest absolute Gasteiger partial charge is 0.271 e. The first-order chi connectivity index (χ1) is 4.88. The van der Waals surface area contributed by atoms with Gasteiger partial charge in [-0.3, -0.25) is 7.76 Å². The van der Waals surface area contributed by atoms with Gasteiger partial charge in [0.1, 0.15) is 11.8 Å². The van der Waals surface area contributed by atoms with Crippen LogP contribution in [0.2, 0.25) is 0 Å². The van der Waals surface area contributed by atoms with E-state index in [9.17, 15) is 0 Å². The van der Waals surface area contributed by atoms with Crippen LogP contribution in [-0.2, 0) is 0 Å². The van der Waals surface area contributed by atoms with Crippen LogP contribution in [0, 0.1) is 0 Å². The van der Waals surface area contributed by atoms with Crippen molar-refractivity contribution in [2.45, 2.75) is 0 Å². The molecule has 0 unspecified atom stereocenters. The second-order valence-electron chi connectivity index (χ2n) is 1.92. The van der Waals surface area contributed by atoms with Crippen LogP contribution in [0.5, 0.6) is 0 Å². The molecule has 2 rings (SSSR count). The third-order valence-corrected chi connectivity index (χ3v) is 2.07. The second-order valence-corrected chi connectivity index (χ2v) is 2.96. The Hall–Kier alpha value is -0.650. The number of nitrogens with zero attached hydrogens (tertiary/aromatic N) is 3. The smallest absolute Gasteiger partial charge is 0.107 e. The van der Waals surface area contributed by atoms with E-state index in [1.807, 2.05) is 8.85 Å². The summed E-state index contributed by atoms with van der Waals surface area (Å²) in [7, 11) is 0. The number of rotatable bonds is 0. The van der Waals surface area contributed by atoms with Crippen molar-refractivity contribution in [3.05, 3.63) is 24.8 Å². The maximum Gasteiger partial charge on any atom is 0.107 e. The van der Waals surface area contributed by atoms with E-state index in [1.165, 1.54) is 0 Å². The van der Waals surface area contributed by atoms with Crippen molar-refractivity contribution in [2.24, 2.45) is 0 Å². The Morgan fingerprint density at radius 2 is 2.40 bits per heavy atom. The highest BCUT2D eigenvalue weighted by Gasteiger charge is 1.96. The molecule has 2 aromatic heterocycles. The summed E-state index contributed by atoms with van der Waals surface area (Å²) in [6.07, 6.45) is 5.29. The normalized spacial score (nSPS) is 10.5. The molecule has 2 aromatic rings. The number of aromatic nitrogens is 3. The zero-order chi connectivity index (χ0) is 6.97. The minimum Gasteiger partial charge on any atom is -0.271 e. The lowest BCUT2D eigenvalue weighted by atomic mass is 10.4. The first kappa shape index (κ1) is 6.09. The van der Waals surface area contributed by atoms with Crippen LogP contribution in [0.4, 0.5) is 0 Å². The number of halogens is 1. The molecule has 0 spiro atoms. The van der Waals surface area contributed by atoms with Crippen LogP contribution < -0.4 is 0 Å². The predicted molar refractivity (Wildman–Crippen MR) is 46.9 cm³/mol. The molecule has 10 heavy (non-hydrogen) atoms. The van der Waals surface area contributed by atoms with E-state index in [2.05, 4.69) is 32.8 Å². The molecule has 0 saturated heterocycles. The Kier molecular flexibility index (Phi) is 1.33. The van der Waals surface area contributed by atoms with Crippen molar-refractivity contribution in [3.63, 3.8) is 0 Å². The Labute approximate surface area is 71.6 Å². The van der Waals surface area contributed by atoms with Crippen molar-refractivity contribution >= 4 is 33.9 Å². The van der Waals surface area contributed by atoms with E-state index in [1.54, 1.807) is 18.7 Å². The zero-order valence-electron chi connectivity index (χ0n) is 5.03. The number of hydrogen-bond acceptors (Lipinski definition) is 2. The summed E-state index contributed by atoms with van der Waals surface area (Å²) in [5.74, 6) is 0. The second kappa shape index (κ2) is 2.19. The summed E-state index contributed by atoms with van der Waals surface area (Å²) in [5, 5.41) is 0. The fourth-order valence-corrected chi connectivity index (χ4v) is 1.37. The van der Waals surface area contributed by atoms with Gasteiger partial charge in [-0.1, -0.05) is 0 Å². The van der Waals surface area contributed by atoms with Gasteiger partial charge in [-0.25, -0.2) is 4.98 Å². The third-order valence-electron chi connectivity index (χ3n) is 1.31. The summed E-state index contributed by atoms with van der Waals surface area (Å²) >= 11 is 2.18. The molecule has 4 heteroatoms. The molecule has 0 atom stereocenters. The molecule has 0 aliphatic rings. The SMILES string of the molecule is In1cnc2cnccc21. The van der Waals surface area contributed by atoms with E-state index in [-0.39, 0.29) is 0 Å². The summed E-state index contributed by atoms with van der Waals surface area (Å²) in [6, 6.07) is 1.94. The first-order valence-electron chi connectivity index (χ1n) is 2.81. The lowest BCUT2D eigenvalue weighted by Crippen LogP contribution is -1.74. The van der Waals surface area contributed by atoms with Crippen molar-refractivity contribution < 1.29 is 0 Å². The standard InChI is InChI=1S/C6H4IN3/c7-10-4-9-5-3-8-2-1-6(5)10/h1-4H. The number of imidazole rings is 1. The molecule has 0 amide bonds. The van der Waals surface area contributed by atoms with E-state index < -0.39 is 0 Å². The van der Waals surface area contributed by atoms with Gasteiger partial charge >= 0.3 is 0 Å². The molecule has 3 nitrogen and oxygen atoms in total. The molecule has 50 valence electrons. The fourth-order valence-electron chi connectivity index (χ4n) is 0.834. The first-order valence-corrected chi connectivity index (χ1v) is 3.77. The molecular weight excluding hydrogens is 241 g/mol. The molecule has 0 bridgehead atoms. The lowest BCUT2D eigenvalue weighted by Gasteiger charge is -1.87. The average Bonchev–Trinajstić information content (AvgIpc) is 2.34. The van der Waals surface area contributed by atoms with Gasteiger partial charge in [-0.15, -0.1) is 0 Å². The highest BCUT2D eigenvalue weighted by molar-refractivity contribution is 14.1. The molecule has 0 aromatic carbocycles. The molecule has 0 fully saturated rings. The maximum atomic E-state index is 4.11. The van der Waals surface area contributed by atoms with Gasteiger partial charge in [0.25, 0.3) is 0 Å². The Balaban J connectivity index is 2.93. The molecule has 0 radical (unpaired) electrons. The lowest BCUT2D eigenvalue weighted by molar-refractivity contribution is 1.31. The van der Waals surface area contributed by atoms with E-state index in [0.717, 1.165) is 11.0 Å². The van der Waals surface area contributed by atoms with Crippen LogP contribution in [0.3, 0.4) is 0 Å². The molecule has 0 N–H and O–H groups in total. The summed E-state index contributed by atoms with van der Waals surface area (Å²) < 4.78 is 1.94. The van der Waals surface area contributed by atoms with Crippen LogP contribution in [-0.4, -0.2) is 12.7 Å². The van der Waals surface area contributed by atoms with E-state index in [0.29, 0.717) is 0 Å². The quantitative estimate of drug-likeness (QED) is 0.660. The van der Waals surface area contributed by atoms with Gasteiger partial charge in [0.15, 0.2) is 0 Å². The molecule has 0 aliphatic carbocycles. The Morgan fingerprint density at radius 1 is 1.50 bits per heavy atom.